The molecule has 0 aliphatic heterocycles. The average molecular weight is 301 g/mol. The summed E-state index contributed by atoms with van der Waals surface area (Å²) in [7, 11) is 3.51. The van der Waals surface area contributed by atoms with Crippen LogP contribution in [0.5, 0.6) is 5.75 Å². The molecule has 2 rings (SSSR count). The number of allylic oxidation sites excluding steroid dienone is 1. The first kappa shape index (κ1) is 16.4. The number of nitrogens with zero attached hydrogens (tertiary/aromatic N) is 1. The number of methoxy groups -OCH3 is 1. The highest BCUT2D eigenvalue weighted by Crippen LogP contribution is 2.20. The number of rotatable bonds is 6. The van der Waals surface area contributed by atoms with Crippen LogP contribution in [-0.2, 0) is 6.54 Å². The summed E-state index contributed by atoms with van der Waals surface area (Å²) < 4.78 is 5.43. The third-order valence-electron chi connectivity index (χ3n) is 3.99. The zero-order valence-corrected chi connectivity index (χ0v) is 13.9. The Morgan fingerprint density at radius 1 is 1.32 bits per heavy atom. The lowest BCUT2D eigenvalue weighted by atomic mass is 10.1. The summed E-state index contributed by atoms with van der Waals surface area (Å²) in [6.45, 7) is 3.69. The van der Waals surface area contributed by atoms with E-state index >= 15 is 0 Å². The van der Waals surface area contributed by atoms with E-state index in [4.69, 9.17) is 4.74 Å². The van der Waals surface area contributed by atoms with Gasteiger partial charge in [0, 0.05) is 25.7 Å². The smallest absolute Gasteiger partial charge is 0.191 e. The van der Waals surface area contributed by atoms with Crippen molar-refractivity contribution in [3.8, 4) is 5.75 Å². The Kier molecular flexibility index (Phi) is 6.31. The largest absolute Gasteiger partial charge is 0.496 e. The van der Waals surface area contributed by atoms with Gasteiger partial charge in [-0.05, 0) is 44.2 Å². The first-order valence-corrected chi connectivity index (χ1v) is 7.99. The van der Waals surface area contributed by atoms with Crippen LogP contribution in [0.1, 0.15) is 36.8 Å². The first-order chi connectivity index (χ1) is 10.7. The van der Waals surface area contributed by atoms with Gasteiger partial charge < -0.3 is 15.4 Å². The van der Waals surface area contributed by atoms with Gasteiger partial charge in [-0.15, -0.1) is 0 Å². The third-order valence-corrected chi connectivity index (χ3v) is 3.99. The number of aryl methyl sites for hydroxylation is 1. The van der Waals surface area contributed by atoms with Crippen molar-refractivity contribution >= 4 is 5.96 Å². The average Bonchev–Trinajstić information content (AvgIpc) is 3.04. The third kappa shape index (κ3) is 4.79. The second kappa shape index (κ2) is 8.47. The first-order valence-electron chi connectivity index (χ1n) is 7.99. The lowest BCUT2D eigenvalue weighted by Gasteiger charge is -2.14. The Bertz CT molecular complexity index is 549. The summed E-state index contributed by atoms with van der Waals surface area (Å²) in [5.41, 5.74) is 3.91. The fourth-order valence-electron chi connectivity index (χ4n) is 2.70. The molecule has 0 spiro atoms. The Labute approximate surface area is 133 Å². The van der Waals surface area contributed by atoms with Crippen molar-refractivity contribution in [3.63, 3.8) is 0 Å². The minimum Gasteiger partial charge on any atom is -0.496 e. The summed E-state index contributed by atoms with van der Waals surface area (Å²) in [6.07, 6.45) is 7.29. The highest BCUT2D eigenvalue weighted by molar-refractivity contribution is 5.79. The van der Waals surface area contributed by atoms with Gasteiger partial charge in [0.25, 0.3) is 0 Å². The molecular formula is C18H27N3O. The van der Waals surface area contributed by atoms with Crippen molar-refractivity contribution in [1.82, 2.24) is 10.6 Å². The topological polar surface area (TPSA) is 45.7 Å². The van der Waals surface area contributed by atoms with Crippen LogP contribution in [0.3, 0.4) is 0 Å². The molecule has 0 amide bonds. The molecule has 4 nitrogen and oxygen atoms in total. The van der Waals surface area contributed by atoms with E-state index in [9.17, 15) is 0 Å². The van der Waals surface area contributed by atoms with Gasteiger partial charge in [-0.25, -0.2) is 0 Å². The molecule has 1 aliphatic carbocycles. The van der Waals surface area contributed by atoms with Crippen molar-refractivity contribution in [3.05, 3.63) is 41.0 Å². The van der Waals surface area contributed by atoms with Crippen LogP contribution in [0.4, 0.5) is 0 Å². The Balaban J connectivity index is 1.80. The molecule has 0 aromatic heterocycles. The maximum atomic E-state index is 5.43. The lowest BCUT2D eigenvalue weighted by molar-refractivity contribution is 0.408. The van der Waals surface area contributed by atoms with Crippen LogP contribution < -0.4 is 15.4 Å². The molecule has 1 aliphatic rings. The number of hydrogen-bond acceptors (Lipinski definition) is 2. The van der Waals surface area contributed by atoms with Gasteiger partial charge in [0.15, 0.2) is 5.96 Å². The molecule has 0 fully saturated rings. The molecule has 2 N–H and O–H groups in total. The predicted molar refractivity (Wildman–Crippen MR) is 92.5 cm³/mol. The SMILES string of the molecule is CN=C(NCCC1=CCCC1)NCc1ccc(C)cc1OC. The Hall–Kier alpha value is -1.97. The van der Waals surface area contributed by atoms with Gasteiger partial charge in [-0.1, -0.05) is 23.8 Å². The van der Waals surface area contributed by atoms with Crippen molar-refractivity contribution < 1.29 is 4.74 Å². The van der Waals surface area contributed by atoms with Gasteiger partial charge in [-0.2, -0.15) is 0 Å². The molecule has 4 heteroatoms. The molecule has 0 radical (unpaired) electrons. The maximum Gasteiger partial charge on any atom is 0.191 e. The van der Waals surface area contributed by atoms with E-state index in [1.54, 1.807) is 19.7 Å². The summed E-state index contributed by atoms with van der Waals surface area (Å²) in [5, 5.41) is 6.72. The minimum atomic E-state index is 0.700. The Morgan fingerprint density at radius 2 is 2.18 bits per heavy atom. The predicted octanol–water partition coefficient (Wildman–Crippen LogP) is 3.17. The van der Waals surface area contributed by atoms with E-state index in [2.05, 4.69) is 46.8 Å². The van der Waals surface area contributed by atoms with Gasteiger partial charge >= 0.3 is 0 Å². The van der Waals surface area contributed by atoms with Gasteiger partial charge in [0.1, 0.15) is 5.75 Å². The highest BCUT2D eigenvalue weighted by atomic mass is 16.5. The van der Waals surface area contributed by atoms with Crippen molar-refractivity contribution in [2.45, 2.75) is 39.2 Å². The number of hydrogen-bond donors (Lipinski definition) is 2. The van der Waals surface area contributed by atoms with E-state index in [1.165, 1.54) is 24.8 Å². The number of nitrogens with one attached hydrogen (secondary N) is 2. The molecule has 1 aromatic carbocycles. The second-order valence-corrected chi connectivity index (χ2v) is 5.67. The van der Waals surface area contributed by atoms with Crippen LogP contribution in [-0.4, -0.2) is 26.7 Å². The highest BCUT2D eigenvalue weighted by Gasteiger charge is 2.06. The maximum absolute atomic E-state index is 5.43. The molecule has 22 heavy (non-hydrogen) atoms. The van der Waals surface area contributed by atoms with Crippen LogP contribution in [0.25, 0.3) is 0 Å². The molecular weight excluding hydrogens is 274 g/mol. The molecule has 0 saturated carbocycles. The molecule has 0 saturated heterocycles. The normalized spacial score (nSPS) is 14.7. The molecule has 120 valence electrons. The molecule has 0 atom stereocenters. The summed E-state index contributed by atoms with van der Waals surface area (Å²) in [6, 6.07) is 6.25. The van der Waals surface area contributed by atoms with Gasteiger partial charge in [0.05, 0.1) is 7.11 Å². The zero-order chi connectivity index (χ0) is 15.8. The van der Waals surface area contributed by atoms with Gasteiger partial charge in [-0.3, -0.25) is 4.99 Å². The van der Waals surface area contributed by atoms with Crippen LogP contribution in [0.15, 0.2) is 34.8 Å². The second-order valence-electron chi connectivity index (χ2n) is 5.67. The standard InChI is InChI=1S/C18H27N3O/c1-14-8-9-16(17(12-14)22-3)13-21-18(19-2)20-11-10-15-6-4-5-7-15/h6,8-9,12H,4-5,7,10-11,13H2,1-3H3,(H2,19,20,21). The quantitative estimate of drug-likeness (QED) is 0.482. The van der Waals surface area contributed by atoms with E-state index < -0.39 is 0 Å². The van der Waals surface area contributed by atoms with Crippen molar-refractivity contribution in [2.24, 2.45) is 4.99 Å². The molecule has 0 heterocycles. The van der Waals surface area contributed by atoms with E-state index in [0.29, 0.717) is 6.54 Å². The van der Waals surface area contributed by atoms with Crippen LogP contribution >= 0.6 is 0 Å². The van der Waals surface area contributed by atoms with Gasteiger partial charge in [0.2, 0.25) is 0 Å². The summed E-state index contributed by atoms with van der Waals surface area (Å²) in [5.74, 6) is 1.75. The molecule has 0 bridgehead atoms. The van der Waals surface area contributed by atoms with E-state index in [-0.39, 0.29) is 0 Å². The monoisotopic (exact) mass is 301 g/mol. The summed E-state index contributed by atoms with van der Waals surface area (Å²) >= 11 is 0. The zero-order valence-electron chi connectivity index (χ0n) is 13.9. The Morgan fingerprint density at radius 3 is 2.86 bits per heavy atom. The fourth-order valence-corrected chi connectivity index (χ4v) is 2.70. The number of aliphatic imine (C=N–C) groups is 1. The van der Waals surface area contributed by atoms with Crippen molar-refractivity contribution in [2.75, 3.05) is 20.7 Å². The summed E-state index contributed by atoms with van der Waals surface area (Å²) in [4.78, 5) is 4.27. The number of ether oxygens (including phenoxy) is 1. The van der Waals surface area contributed by atoms with Crippen LogP contribution in [0.2, 0.25) is 0 Å². The molecule has 0 unspecified atom stereocenters. The molecule has 1 aromatic rings. The number of guanidine groups is 1. The van der Waals surface area contributed by atoms with E-state index in [0.717, 1.165) is 30.2 Å². The number of benzene rings is 1. The minimum absolute atomic E-state index is 0.700. The van der Waals surface area contributed by atoms with E-state index in [1.807, 2.05) is 0 Å². The van der Waals surface area contributed by atoms with Crippen LogP contribution in [0, 0.1) is 6.92 Å². The fraction of sp³-hybridized carbons (Fsp3) is 0.500. The lowest BCUT2D eigenvalue weighted by Crippen LogP contribution is -2.37. The van der Waals surface area contributed by atoms with Crippen molar-refractivity contribution in [1.29, 1.82) is 0 Å².